The van der Waals surface area contributed by atoms with Gasteiger partial charge in [-0.2, -0.15) is 0 Å². The number of halogens is 3. The van der Waals surface area contributed by atoms with Crippen LogP contribution in [0.3, 0.4) is 0 Å². The fourth-order valence-electron chi connectivity index (χ4n) is 3.51. The first-order chi connectivity index (χ1) is 11.1. The highest BCUT2D eigenvalue weighted by Gasteiger charge is 2.32. The Kier molecular flexibility index (Phi) is 7.20. The lowest BCUT2D eigenvalue weighted by Crippen LogP contribution is -2.53. The van der Waals surface area contributed by atoms with Crippen LogP contribution in [0.5, 0.6) is 0 Å². The predicted molar refractivity (Wildman–Crippen MR) is 101 cm³/mol. The van der Waals surface area contributed by atoms with Gasteiger partial charge in [0, 0.05) is 32.2 Å². The third-order valence-electron chi connectivity index (χ3n) is 4.88. The van der Waals surface area contributed by atoms with E-state index in [1.807, 2.05) is 23.1 Å². The zero-order chi connectivity index (χ0) is 16.4. The first-order valence-corrected chi connectivity index (χ1v) is 9.01. The molecule has 2 heterocycles. The van der Waals surface area contributed by atoms with Crippen LogP contribution in [0.1, 0.15) is 31.4 Å². The third kappa shape index (κ3) is 4.36. The molecule has 1 amide bonds. The molecule has 1 unspecified atom stereocenters. The molecule has 3 rings (SSSR count). The lowest BCUT2D eigenvalue weighted by molar-refractivity contribution is -0.134. The molecular weight excluding hydrogens is 369 g/mol. The van der Waals surface area contributed by atoms with E-state index in [0.717, 1.165) is 44.6 Å². The summed E-state index contributed by atoms with van der Waals surface area (Å²) in [5.74, 6) is 0.215. The van der Waals surface area contributed by atoms with Crippen molar-refractivity contribution in [3.63, 3.8) is 0 Å². The highest BCUT2D eigenvalue weighted by molar-refractivity contribution is 6.42. The quantitative estimate of drug-likeness (QED) is 0.856. The lowest BCUT2D eigenvalue weighted by Gasteiger charge is -2.35. The van der Waals surface area contributed by atoms with Gasteiger partial charge in [-0.25, -0.2) is 0 Å². The Morgan fingerprint density at radius 1 is 1.29 bits per heavy atom. The number of piperazine rings is 1. The standard InChI is InChI=1S/C17H23Cl2N3O.ClH/c1-12-10-20-6-8-21(12)11-17(23)22-7-2-3-16(22)13-4-5-14(18)15(19)9-13;/h4-5,9,12,16,20H,2-3,6-8,10-11H2,1H3;1H/t12-,16?;/m1./s1. The summed E-state index contributed by atoms with van der Waals surface area (Å²) in [6.45, 7) is 6.32. The van der Waals surface area contributed by atoms with E-state index in [4.69, 9.17) is 23.2 Å². The average molecular weight is 393 g/mol. The predicted octanol–water partition coefficient (Wildman–Crippen LogP) is 3.37. The van der Waals surface area contributed by atoms with Crippen LogP contribution in [0.2, 0.25) is 10.0 Å². The lowest BCUT2D eigenvalue weighted by atomic mass is 10.0. The Labute approximate surface area is 159 Å². The molecule has 2 atom stereocenters. The van der Waals surface area contributed by atoms with Gasteiger partial charge in [-0.15, -0.1) is 12.4 Å². The van der Waals surface area contributed by atoms with E-state index in [1.54, 1.807) is 0 Å². The van der Waals surface area contributed by atoms with Crippen molar-refractivity contribution in [1.29, 1.82) is 0 Å². The molecule has 0 saturated carbocycles. The van der Waals surface area contributed by atoms with Crippen LogP contribution in [-0.4, -0.2) is 54.5 Å². The van der Waals surface area contributed by atoms with Crippen LogP contribution in [0.15, 0.2) is 18.2 Å². The summed E-state index contributed by atoms with van der Waals surface area (Å²) in [5, 5.41) is 4.47. The minimum absolute atomic E-state index is 0. The minimum atomic E-state index is 0. The van der Waals surface area contributed by atoms with Crippen LogP contribution in [0.4, 0.5) is 0 Å². The molecule has 1 N–H and O–H groups in total. The molecule has 1 aromatic rings. The summed E-state index contributed by atoms with van der Waals surface area (Å²) in [7, 11) is 0. The molecule has 7 heteroatoms. The van der Waals surface area contributed by atoms with Crippen molar-refractivity contribution in [1.82, 2.24) is 15.1 Å². The van der Waals surface area contributed by atoms with Gasteiger partial charge in [0.05, 0.1) is 22.6 Å². The number of nitrogens with one attached hydrogen (secondary N) is 1. The van der Waals surface area contributed by atoms with Crippen molar-refractivity contribution in [2.75, 3.05) is 32.7 Å². The Hall–Kier alpha value is -0.520. The second-order valence-corrected chi connectivity index (χ2v) is 7.26. The first kappa shape index (κ1) is 19.8. The first-order valence-electron chi connectivity index (χ1n) is 8.25. The van der Waals surface area contributed by atoms with Crippen molar-refractivity contribution in [3.8, 4) is 0 Å². The molecule has 0 bridgehead atoms. The molecule has 2 saturated heterocycles. The van der Waals surface area contributed by atoms with Gasteiger partial charge >= 0.3 is 0 Å². The van der Waals surface area contributed by atoms with Crippen molar-refractivity contribution >= 4 is 41.5 Å². The highest BCUT2D eigenvalue weighted by atomic mass is 35.5. The zero-order valence-electron chi connectivity index (χ0n) is 13.8. The Morgan fingerprint density at radius 3 is 2.79 bits per heavy atom. The minimum Gasteiger partial charge on any atom is -0.335 e. The van der Waals surface area contributed by atoms with Crippen molar-refractivity contribution in [2.45, 2.75) is 31.8 Å². The number of benzene rings is 1. The average Bonchev–Trinajstić information content (AvgIpc) is 3.02. The number of likely N-dealkylation sites (tertiary alicyclic amines) is 1. The van der Waals surface area contributed by atoms with E-state index in [0.29, 0.717) is 22.6 Å². The van der Waals surface area contributed by atoms with E-state index in [1.165, 1.54) is 0 Å². The van der Waals surface area contributed by atoms with Gasteiger partial charge in [-0.1, -0.05) is 29.3 Å². The molecule has 24 heavy (non-hydrogen) atoms. The van der Waals surface area contributed by atoms with Gasteiger partial charge in [-0.05, 0) is 37.5 Å². The fourth-order valence-corrected chi connectivity index (χ4v) is 3.82. The highest BCUT2D eigenvalue weighted by Crippen LogP contribution is 2.35. The van der Waals surface area contributed by atoms with Crippen LogP contribution in [-0.2, 0) is 4.79 Å². The summed E-state index contributed by atoms with van der Waals surface area (Å²) >= 11 is 12.1. The molecule has 0 radical (unpaired) electrons. The van der Waals surface area contributed by atoms with Gasteiger partial charge in [0.2, 0.25) is 5.91 Å². The van der Waals surface area contributed by atoms with Crippen molar-refractivity contribution in [3.05, 3.63) is 33.8 Å². The zero-order valence-corrected chi connectivity index (χ0v) is 16.1. The molecule has 2 aliphatic heterocycles. The maximum Gasteiger partial charge on any atom is 0.237 e. The largest absolute Gasteiger partial charge is 0.335 e. The summed E-state index contributed by atoms with van der Waals surface area (Å²) < 4.78 is 0. The number of hydrogen-bond donors (Lipinski definition) is 1. The van der Waals surface area contributed by atoms with E-state index in [9.17, 15) is 4.79 Å². The SMILES string of the molecule is C[C@@H]1CNCCN1CC(=O)N1CCCC1c1ccc(Cl)c(Cl)c1.Cl. The Morgan fingerprint density at radius 2 is 2.08 bits per heavy atom. The maximum atomic E-state index is 12.8. The molecule has 2 fully saturated rings. The van der Waals surface area contributed by atoms with Crippen LogP contribution < -0.4 is 5.32 Å². The Bertz CT molecular complexity index is 584. The van der Waals surface area contributed by atoms with Gasteiger partial charge < -0.3 is 10.2 Å². The summed E-state index contributed by atoms with van der Waals surface area (Å²) in [4.78, 5) is 17.1. The number of carbonyl (C=O) groups is 1. The summed E-state index contributed by atoms with van der Waals surface area (Å²) in [6, 6.07) is 6.22. The number of carbonyl (C=O) groups excluding carboxylic acids is 1. The fraction of sp³-hybridized carbons (Fsp3) is 0.588. The van der Waals surface area contributed by atoms with Crippen molar-refractivity contribution < 1.29 is 4.79 Å². The van der Waals surface area contributed by atoms with E-state index < -0.39 is 0 Å². The van der Waals surface area contributed by atoms with Crippen LogP contribution in [0, 0.1) is 0 Å². The topological polar surface area (TPSA) is 35.6 Å². The van der Waals surface area contributed by atoms with Crippen LogP contribution in [0.25, 0.3) is 0 Å². The molecule has 2 aliphatic rings. The number of amides is 1. The molecular formula is C17H24Cl3N3O. The third-order valence-corrected chi connectivity index (χ3v) is 5.62. The Balaban J connectivity index is 0.00000208. The molecule has 1 aromatic carbocycles. The number of hydrogen-bond acceptors (Lipinski definition) is 3. The smallest absolute Gasteiger partial charge is 0.237 e. The maximum absolute atomic E-state index is 12.8. The molecule has 0 aliphatic carbocycles. The van der Waals surface area contributed by atoms with Gasteiger partial charge in [0.1, 0.15) is 0 Å². The number of nitrogens with zero attached hydrogens (tertiary/aromatic N) is 2. The van der Waals surface area contributed by atoms with Gasteiger partial charge in [0.15, 0.2) is 0 Å². The van der Waals surface area contributed by atoms with Gasteiger partial charge in [0.25, 0.3) is 0 Å². The normalized spacial score (nSPS) is 24.7. The summed E-state index contributed by atoms with van der Waals surface area (Å²) in [6.07, 6.45) is 2.02. The van der Waals surface area contributed by atoms with Crippen LogP contribution >= 0.6 is 35.6 Å². The summed E-state index contributed by atoms with van der Waals surface area (Å²) in [5.41, 5.74) is 1.08. The molecule has 4 nitrogen and oxygen atoms in total. The monoisotopic (exact) mass is 391 g/mol. The van der Waals surface area contributed by atoms with E-state index in [2.05, 4.69) is 17.1 Å². The second kappa shape index (κ2) is 8.72. The van der Waals surface area contributed by atoms with E-state index >= 15 is 0 Å². The van der Waals surface area contributed by atoms with E-state index in [-0.39, 0.29) is 24.4 Å². The van der Waals surface area contributed by atoms with Gasteiger partial charge in [-0.3, -0.25) is 9.69 Å². The molecule has 134 valence electrons. The number of rotatable bonds is 3. The van der Waals surface area contributed by atoms with Crippen molar-refractivity contribution in [2.24, 2.45) is 0 Å². The second-order valence-electron chi connectivity index (χ2n) is 6.44. The molecule has 0 spiro atoms. The molecule has 0 aromatic heterocycles.